The van der Waals surface area contributed by atoms with E-state index in [0.717, 1.165) is 6.07 Å². The van der Waals surface area contributed by atoms with Crippen molar-refractivity contribution in [2.75, 3.05) is 20.1 Å². The van der Waals surface area contributed by atoms with Crippen LogP contribution in [0.3, 0.4) is 0 Å². The molecule has 0 radical (unpaired) electrons. The molecule has 0 saturated carbocycles. The molecule has 5 heteroatoms. The number of halogens is 2. The molecule has 0 aromatic heterocycles. The highest BCUT2D eigenvalue weighted by molar-refractivity contribution is 5.78. The smallest absolute Gasteiger partial charge is 0.191 e. The van der Waals surface area contributed by atoms with Crippen molar-refractivity contribution in [1.29, 1.82) is 0 Å². The van der Waals surface area contributed by atoms with E-state index in [4.69, 9.17) is 5.73 Å². The van der Waals surface area contributed by atoms with Gasteiger partial charge in [-0.05, 0) is 17.7 Å². The summed E-state index contributed by atoms with van der Waals surface area (Å²) in [5, 5.41) is 0. The van der Waals surface area contributed by atoms with E-state index >= 15 is 0 Å². The van der Waals surface area contributed by atoms with Crippen molar-refractivity contribution in [2.24, 2.45) is 10.7 Å². The van der Waals surface area contributed by atoms with Crippen molar-refractivity contribution in [3.05, 3.63) is 35.4 Å². The summed E-state index contributed by atoms with van der Waals surface area (Å²) in [6.07, 6.45) is 0. The maximum absolute atomic E-state index is 13.0. The Balaban J connectivity index is 2.25. The zero-order valence-electron chi connectivity index (χ0n) is 8.95. The lowest BCUT2D eigenvalue weighted by atomic mass is 9.97. The Morgan fingerprint density at radius 3 is 2.50 bits per heavy atom. The fourth-order valence-corrected chi connectivity index (χ4v) is 1.83. The lowest BCUT2D eigenvalue weighted by molar-refractivity contribution is 0.420. The van der Waals surface area contributed by atoms with Crippen LogP contribution in [0.25, 0.3) is 0 Å². The van der Waals surface area contributed by atoms with E-state index in [1.54, 1.807) is 11.9 Å². The summed E-state index contributed by atoms with van der Waals surface area (Å²) in [7, 11) is 1.81. The van der Waals surface area contributed by atoms with Crippen LogP contribution in [-0.4, -0.2) is 31.0 Å². The number of rotatable bonds is 1. The summed E-state index contributed by atoms with van der Waals surface area (Å²) in [6, 6.07) is 3.56. The second-order valence-electron chi connectivity index (χ2n) is 3.98. The van der Waals surface area contributed by atoms with Crippen molar-refractivity contribution in [1.82, 2.24) is 4.90 Å². The number of likely N-dealkylation sites (N-methyl/N-ethyl adjacent to an activating group) is 1. The van der Waals surface area contributed by atoms with E-state index in [9.17, 15) is 8.78 Å². The molecule has 0 saturated heterocycles. The van der Waals surface area contributed by atoms with Crippen LogP contribution in [0.2, 0.25) is 0 Å². The van der Waals surface area contributed by atoms with Crippen molar-refractivity contribution in [3.8, 4) is 0 Å². The predicted molar refractivity (Wildman–Crippen MR) is 58.2 cm³/mol. The van der Waals surface area contributed by atoms with Crippen LogP contribution in [0.4, 0.5) is 8.78 Å². The van der Waals surface area contributed by atoms with Gasteiger partial charge >= 0.3 is 0 Å². The fourth-order valence-electron chi connectivity index (χ4n) is 1.83. The molecular weight excluding hydrogens is 212 g/mol. The molecule has 1 unspecified atom stereocenters. The summed E-state index contributed by atoms with van der Waals surface area (Å²) in [4.78, 5) is 5.88. The molecule has 1 aliphatic rings. The lowest BCUT2D eigenvalue weighted by Crippen LogP contribution is -2.41. The summed E-state index contributed by atoms with van der Waals surface area (Å²) < 4.78 is 26.1. The first kappa shape index (κ1) is 10.9. The molecule has 1 aromatic rings. The molecule has 2 rings (SSSR count). The summed E-state index contributed by atoms with van der Waals surface area (Å²) in [5.41, 5.74) is 6.23. The van der Waals surface area contributed by atoms with Gasteiger partial charge in [-0.2, -0.15) is 0 Å². The van der Waals surface area contributed by atoms with Gasteiger partial charge in [0.05, 0.1) is 6.54 Å². The van der Waals surface area contributed by atoms with Crippen LogP contribution in [0, 0.1) is 11.6 Å². The van der Waals surface area contributed by atoms with Crippen molar-refractivity contribution in [2.45, 2.75) is 5.92 Å². The standard InChI is InChI=1S/C11H13F2N3/c1-16-6-8(5-15-11(16)14)7-2-9(12)4-10(13)3-7/h2-4,8H,5-6H2,1H3,(H2,14,15). The first-order valence-electron chi connectivity index (χ1n) is 5.03. The van der Waals surface area contributed by atoms with Crippen molar-refractivity contribution >= 4 is 5.96 Å². The van der Waals surface area contributed by atoms with Gasteiger partial charge in [-0.3, -0.25) is 4.99 Å². The highest BCUT2D eigenvalue weighted by Crippen LogP contribution is 2.22. The van der Waals surface area contributed by atoms with Crippen LogP contribution >= 0.6 is 0 Å². The van der Waals surface area contributed by atoms with Crippen LogP contribution in [0.1, 0.15) is 11.5 Å². The summed E-state index contributed by atoms with van der Waals surface area (Å²) in [5.74, 6) is -0.656. The zero-order chi connectivity index (χ0) is 11.7. The third-order valence-corrected chi connectivity index (χ3v) is 2.72. The highest BCUT2D eigenvalue weighted by atomic mass is 19.1. The van der Waals surface area contributed by atoms with Crippen LogP contribution < -0.4 is 5.73 Å². The monoisotopic (exact) mass is 225 g/mol. The molecule has 2 N–H and O–H groups in total. The van der Waals surface area contributed by atoms with Crippen LogP contribution in [0.15, 0.2) is 23.2 Å². The van der Waals surface area contributed by atoms with E-state index in [1.807, 2.05) is 0 Å². The first-order valence-corrected chi connectivity index (χ1v) is 5.03. The van der Waals surface area contributed by atoms with E-state index in [1.165, 1.54) is 12.1 Å². The van der Waals surface area contributed by atoms with E-state index in [2.05, 4.69) is 4.99 Å². The number of hydrogen-bond acceptors (Lipinski definition) is 3. The number of nitrogens with two attached hydrogens (primary N) is 1. The van der Waals surface area contributed by atoms with Gasteiger partial charge in [0.25, 0.3) is 0 Å². The number of nitrogens with zero attached hydrogens (tertiary/aromatic N) is 2. The maximum Gasteiger partial charge on any atom is 0.191 e. The van der Waals surface area contributed by atoms with Crippen LogP contribution in [0.5, 0.6) is 0 Å². The predicted octanol–water partition coefficient (Wildman–Crippen LogP) is 1.31. The lowest BCUT2D eigenvalue weighted by Gasteiger charge is -2.28. The van der Waals surface area contributed by atoms with E-state index in [-0.39, 0.29) is 5.92 Å². The largest absolute Gasteiger partial charge is 0.370 e. The molecule has 0 spiro atoms. The minimum absolute atomic E-state index is 0.0116. The second kappa shape index (κ2) is 4.08. The Bertz CT molecular complexity index is 411. The zero-order valence-corrected chi connectivity index (χ0v) is 8.95. The summed E-state index contributed by atoms with van der Waals surface area (Å²) in [6.45, 7) is 1.09. The number of benzene rings is 1. The normalized spacial score (nSPS) is 20.8. The molecule has 86 valence electrons. The van der Waals surface area contributed by atoms with Gasteiger partial charge in [0.1, 0.15) is 11.6 Å². The molecule has 0 fully saturated rings. The van der Waals surface area contributed by atoms with Gasteiger partial charge in [-0.25, -0.2) is 8.78 Å². The van der Waals surface area contributed by atoms with Gasteiger partial charge in [-0.1, -0.05) is 0 Å². The van der Waals surface area contributed by atoms with Gasteiger partial charge in [0.15, 0.2) is 5.96 Å². The minimum Gasteiger partial charge on any atom is -0.370 e. The molecule has 1 aromatic carbocycles. The average Bonchev–Trinajstić information content (AvgIpc) is 2.20. The minimum atomic E-state index is -0.555. The molecule has 3 nitrogen and oxygen atoms in total. The van der Waals surface area contributed by atoms with Gasteiger partial charge in [-0.15, -0.1) is 0 Å². The number of aliphatic imine (C=N–C) groups is 1. The molecule has 0 aliphatic carbocycles. The van der Waals surface area contributed by atoms with Gasteiger partial charge < -0.3 is 10.6 Å². The van der Waals surface area contributed by atoms with Crippen molar-refractivity contribution in [3.63, 3.8) is 0 Å². The third-order valence-electron chi connectivity index (χ3n) is 2.72. The molecular formula is C11H13F2N3. The molecule has 1 heterocycles. The Hall–Kier alpha value is -1.65. The average molecular weight is 225 g/mol. The Labute approximate surface area is 92.6 Å². The SMILES string of the molecule is CN1CC(c2cc(F)cc(F)c2)CN=C1N. The Kier molecular flexibility index (Phi) is 2.77. The maximum atomic E-state index is 13.0. The summed E-state index contributed by atoms with van der Waals surface area (Å²) >= 11 is 0. The molecule has 16 heavy (non-hydrogen) atoms. The Morgan fingerprint density at radius 2 is 1.94 bits per heavy atom. The van der Waals surface area contributed by atoms with E-state index in [0.29, 0.717) is 24.6 Å². The first-order chi connectivity index (χ1) is 7.56. The third kappa shape index (κ3) is 2.13. The quantitative estimate of drug-likeness (QED) is 0.783. The molecule has 1 atom stereocenters. The molecule has 1 aliphatic heterocycles. The second-order valence-corrected chi connectivity index (χ2v) is 3.98. The fraction of sp³-hybridized carbons (Fsp3) is 0.364. The number of guanidine groups is 1. The van der Waals surface area contributed by atoms with Crippen LogP contribution in [-0.2, 0) is 0 Å². The molecule has 0 amide bonds. The van der Waals surface area contributed by atoms with E-state index < -0.39 is 11.6 Å². The highest BCUT2D eigenvalue weighted by Gasteiger charge is 2.20. The molecule has 0 bridgehead atoms. The van der Waals surface area contributed by atoms with Crippen molar-refractivity contribution < 1.29 is 8.78 Å². The Morgan fingerprint density at radius 1 is 1.31 bits per heavy atom. The topological polar surface area (TPSA) is 41.6 Å². The van der Waals surface area contributed by atoms with Gasteiger partial charge in [0, 0.05) is 25.6 Å². The number of hydrogen-bond donors (Lipinski definition) is 1. The van der Waals surface area contributed by atoms with Gasteiger partial charge in [0.2, 0.25) is 0 Å².